The van der Waals surface area contributed by atoms with Gasteiger partial charge in [-0.2, -0.15) is 0 Å². The van der Waals surface area contributed by atoms with E-state index in [0.29, 0.717) is 23.6 Å². The van der Waals surface area contributed by atoms with E-state index in [9.17, 15) is 9.59 Å². The van der Waals surface area contributed by atoms with Gasteiger partial charge in [0.1, 0.15) is 11.6 Å². The van der Waals surface area contributed by atoms with Gasteiger partial charge in [0, 0.05) is 17.5 Å². The van der Waals surface area contributed by atoms with Crippen molar-refractivity contribution in [3.05, 3.63) is 116 Å². The Labute approximate surface area is 287 Å². The van der Waals surface area contributed by atoms with E-state index >= 15 is 0 Å². The first kappa shape index (κ1) is 31.8. The summed E-state index contributed by atoms with van der Waals surface area (Å²) >= 11 is 0. The SMILES string of the molecule is CCCc1nc(C)n(-c2ccc(OC(C)CC)cc2)c(=O)c1Cc1ccc(-c2ccccc2-c2noc(=O)[nH]2)cc1.[KH]. The van der Waals surface area contributed by atoms with Gasteiger partial charge in [-0.05, 0) is 67.6 Å². The number of aromatic nitrogens is 4. The number of aromatic amines is 1. The quantitative estimate of drug-likeness (QED) is 0.212. The van der Waals surface area contributed by atoms with Crippen molar-refractivity contribution in [1.29, 1.82) is 0 Å². The van der Waals surface area contributed by atoms with Crippen LogP contribution in [0.1, 0.15) is 56.3 Å². The van der Waals surface area contributed by atoms with Crippen LogP contribution in [0.5, 0.6) is 5.75 Å². The van der Waals surface area contributed by atoms with Gasteiger partial charge in [-0.25, -0.2) is 9.78 Å². The Morgan fingerprint density at radius 3 is 2.26 bits per heavy atom. The Bertz CT molecular complexity index is 1760. The molecule has 0 aliphatic carbocycles. The van der Waals surface area contributed by atoms with Crippen molar-refractivity contribution in [3.63, 3.8) is 0 Å². The molecule has 212 valence electrons. The van der Waals surface area contributed by atoms with Crippen LogP contribution >= 0.6 is 0 Å². The molecule has 5 rings (SSSR count). The molecule has 3 aromatic carbocycles. The maximum atomic E-state index is 13.9. The molecular weight excluding hydrogens is 555 g/mol. The molecule has 1 unspecified atom stereocenters. The summed E-state index contributed by atoms with van der Waals surface area (Å²) in [6.45, 7) is 8.09. The first-order valence-corrected chi connectivity index (χ1v) is 14.0. The third-order valence-corrected chi connectivity index (χ3v) is 7.19. The average molecular weight is 591 g/mol. The number of H-pyrrole nitrogens is 1. The number of benzene rings is 3. The Morgan fingerprint density at radius 1 is 0.952 bits per heavy atom. The summed E-state index contributed by atoms with van der Waals surface area (Å²) < 4.78 is 12.3. The van der Waals surface area contributed by atoms with E-state index in [-0.39, 0.29) is 63.0 Å². The molecule has 0 saturated carbocycles. The Hall–Kier alpha value is -3.08. The van der Waals surface area contributed by atoms with Crippen LogP contribution in [0.3, 0.4) is 0 Å². The molecule has 0 aliphatic heterocycles. The van der Waals surface area contributed by atoms with Crippen molar-refractivity contribution in [1.82, 2.24) is 19.7 Å². The van der Waals surface area contributed by atoms with Crippen molar-refractivity contribution in [3.8, 4) is 34.0 Å². The van der Waals surface area contributed by atoms with Crippen LogP contribution in [0, 0.1) is 6.92 Å². The van der Waals surface area contributed by atoms with E-state index < -0.39 is 5.76 Å². The molecule has 0 fully saturated rings. The minimum atomic E-state index is -0.597. The van der Waals surface area contributed by atoms with Crippen molar-refractivity contribution in [2.24, 2.45) is 0 Å². The second-order valence-electron chi connectivity index (χ2n) is 10.2. The molecule has 0 bridgehead atoms. The van der Waals surface area contributed by atoms with Crippen molar-refractivity contribution in [2.45, 2.75) is 59.5 Å². The number of rotatable bonds is 10. The third kappa shape index (κ3) is 7.10. The van der Waals surface area contributed by atoms with Crippen LogP contribution in [0.4, 0.5) is 0 Å². The summed E-state index contributed by atoms with van der Waals surface area (Å²) in [6, 6.07) is 23.4. The van der Waals surface area contributed by atoms with Gasteiger partial charge < -0.3 is 4.74 Å². The monoisotopic (exact) mass is 590 g/mol. The fourth-order valence-corrected chi connectivity index (χ4v) is 4.93. The zero-order valence-electron chi connectivity index (χ0n) is 23.8. The topological polar surface area (TPSA) is 103 Å². The van der Waals surface area contributed by atoms with Gasteiger partial charge in [0.25, 0.3) is 5.56 Å². The second-order valence-corrected chi connectivity index (χ2v) is 10.2. The van der Waals surface area contributed by atoms with Gasteiger partial charge >= 0.3 is 57.1 Å². The van der Waals surface area contributed by atoms with Crippen LogP contribution in [-0.4, -0.2) is 77.2 Å². The van der Waals surface area contributed by atoms with Crippen LogP contribution in [0.25, 0.3) is 28.2 Å². The Kier molecular flexibility index (Phi) is 10.9. The molecule has 0 aliphatic rings. The number of hydrogen-bond acceptors (Lipinski definition) is 6. The number of aryl methyl sites for hydroxylation is 2. The van der Waals surface area contributed by atoms with Crippen molar-refractivity contribution < 1.29 is 9.26 Å². The second kappa shape index (κ2) is 14.4. The number of ether oxygens (including phenoxy) is 1. The van der Waals surface area contributed by atoms with E-state index in [1.807, 2.05) is 86.6 Å². The van der Waals surface area contributed by atoms with E-state index in [0.717, 1.165) is 58.6 Å². The molecule has 9 heteroatoms. The van der Waals surface area contributed by atoms with E-state index in [2.05, 4.69) is 24.0 Å². The molecule has 8 nitrogen and oxygen atoms in total. The fourth-order valence-electron chi connectivity index (χ4n) is 4.93. The molecule has 2 heterocycles. The van der Waals surface area contributed by atoms with Crippen molar-refractivity contribution in [2.75, 3.05) is 0 Å². The van der Waals surface area contributed by atoms with Gasteiger partial charge in [0.2, 0.25) is 0 Å². The molecule has 1 atom stereocenters. The molecule has 42 heavy (non-hydrogen) atoms. The van der Waals surface area contributed by atoms with Crippen LogP contribution in [0.2, 0.25) is 0 Å². The number of hydrogen-bond donors (Lipinski definition) is 1. The van der Waals surface area contributed by atoms with Gasteiger partial charge in [-0.3, -0.25) is 18.9 Å². The number of nitrogens with one attached hydrogen (secondary N) is 1. The summed E-state index contributed by atoms with van der Waals surface area (Å²) in [5.41, 5.74) is 5.89. The predicted molar refractivity (Wildman–Crippen MR) is 167 cm³/mol. The maximum absolute atomic E-state index is 13.9. The summed E-state index contributed by atoms with van der Waals surface area (Å²) in [5.74, 6) is 1.22. The first-order valence-electron chi connectivity index (χ1n) is 14.0. The molecule has 5 aromatic rings. The standard InChI is InChI=1S/C33H34N4O4.K.H/c1-5-9-30-29(32(38)37(22(4)34-30)25-16-18-26(19-17-25)40-21(3)6-2)20-23-12-14-24(15-13-23)27-10-7-8-11-28(27)31-35-33(39)41-36-31;;/h7-8,10-19,21H,5-6,9,20H2,1-4H3,(H,35,36,39);;. The van der Waals surface area contributed by atoms with Crippen LogP contribution in [-0.2, 0) is 12.8 Å². The van der Waals surface area contributed by atoms with Gasteiger partial charge in [0.05, 0.1) is 17.5 Å². The molecule has 0 spiro atoms. The Morgan fingerprint density at radius 2 is 1.64 bits per heavy atom. The molecule has 0 radical (unpaired) electrons. The molecule has 0 saturated heterocycles. The third-order valence-electron chi connectivity index (χ3n) is 7.19. The normalized spacial score (nSPS) is 11.6. The molecular formula is C33H35KN4O4. The minimum absolute atomic E-state index is 0. The summed E-state index contributed by atoms with van der Waals surface area (Å²) in [4.78, 5) is 32.9. The van der Waals surface area contributed by atoms with Crippen LogP contribution < -0.4 is 16.1 Å². The summed E-state index contributed by atoms with van der Waals surface area (Å²) in [6.07, 6.45) is 3.13. The summed E-state index contributed by atoms with van der Waals surface area (Å²) in [7, 11) is 0. The zero-order chi connectivity index (χ0) is 28.9. The first-order chi connectivity index (χ1) is 19.9. The van der Waals surface area contributed by atoms with Crippen molar-refractivity contribution >= 4 is 51.4 Å². The number of nitrogens with zero attached hydrogens (tertiary/aromatic N) is 3. The van der Waals surface area contributed by atoms with Gasteiger partial charge in [-0.15, -0.1) is 0 Å². The summed E-state index contributed by atoms with van der Waals surface area (Å²) in [5, 5.41) is 3.85. The predicted octanol–water partition coefficient (Wildman–Crippen LogP) is 5.62. The molecule has 0 amide bonds. The van der Waals surface area contributed by atoms with E-state index in [4.69, 9.17) is 14.2 Å². The average Bonchev–Trinajstić information content (AvgIpc) is 3.42. The van der Waals surface area contributed by atoms with Gasteiger partial charge in [0.15, 0.2) is 5.82 Å². The zero-order valence-corrected chi connectivity index (χ0v) is 23.8. The van der Waals surface area contributed by atoms with E-state index in [1.165, 1.54) is 0 Å². The molecule has 2 aromatic heterocycles. The Balaban J connectivity index is 0.00000405. The molecule has 1 N–H and O–H groups in total. The van der Waals surface area contributed by atoms with E-state index in [1.54, 1.807) is 4.57 Å². The van der Waals surface area contributed by atoms with Crippen LogP contribution in [0.15, 0.2) is 86.9 Å². The van der Waals surface area contributed by atoms with Gasteiger partial charge in [-0.1, -0.05) is 74.0 Å². The fraction of sp³-hybridized carbons (Fsp3) is 0.273.